The number of hydrogen-bond acceptors (Lipinski definition) is 6. The molecule has 2 N–H and O–H groups in total. The summed E-state index contributed by atoms with van der Waals surface area (Å²) in [6.07, 6.45) is 0. The summed E-state index contributed by atoms with van der Waals surface area (Å²) in [6, 6.07) is 6.43. The van der Waals surface area contributed by atoms with Crippen molar-refractivity contribution in [3.63, 3.8) is 0 Å². The molecule has 0 spiro atoms. The van der Waals surface area contributed by atoms with Gasteiger partial charge in [0.15, 0.2) is 5.03 Å². The topological polar surface area (TPSA) is 105 Å². The van der Waals surface area contributed by atoms with Gasteiger partial charge >= 0.3 is 5.69 Å². The molecular weight excluding hydrogens is 270 g/mol. The van der Waals surface area contributed by atoms with Gasteiger partial charge in [0.2, 0.25) is 5.12 Å². The third-order valence-electron chi connectivity index (χ3n) is 2.20. The van der Waals surface area contributed by atoms with Gasteiger partial charge in [0.05, 0.1) is 7.11 Å². The van der Waals surface area contributed by atoms with E-state index in [4.69, 9.17) is 4.74 Å². The van der Waals surface area contributed by atoms with Crippen LogP contribution >= 0.6 is 11.8 Å². The van der Waals surface area contributed by atoms with E-state index in [1.165, 1.54) is 7.11 Å². The van der Waals surface area contributed by atoms with Crippen molar-refractivity contribution in [1.82, 2.24) is 15.2 Å². The second kappa shape index (κ2) is 5.53. The van der Waals surface area contributed by atoms with Crippen LogP contribution in [0.2, 0.25) is 0 Å². The van der Waals surface area contributed by atoms with Gasteiger partial charge in [-0.1, -0.05) is 0 Å². The van der Waals surface area contributed by atoms with Crippen LogP contribution in [0, 0.1) is 0 Å². The van der Waals surface area contributed by atoms with Gasteiger partial charge in [0.25, 0.3) is 5.56 Å². The molecule has 0 aliphatic rings. The molecule has 1 heterocycles. The van der Waals surface area contributed by atoms with Gasteiger partial charge in [0, 0.05) is 5.56 Å². The lowest BCUT2D eigenvalue weighted by Gasteiger charge is -2.01. The molecule has 2 rings (SSSR count). The monoisotopic (exact) mass is 279 g/mol. The molecule has 0 radical (unpaired) electrons. The number of hydrogen-bond donors (Lipinski definition) is 2. The van der Waals surface area contributed by atoms with Crippen LogP contribution in [0.1, 0.15) is 10.4 Å². The van der Waals surface area contributed by atoms with E-state index in [1.54, 1.807) is 24.3 Å². The normalized spacial score (nSPS) is 10.2. The minimum absolute atomic E-state index is 0.111. The van der Waals surface area contributed by atoms with Gasteiger partial charge in [-0.2, -0.15) is 5.10 Å². The van der Waals surface area contributed by atoms with Gasteiger partial charge < -0.3 is 4.74 Å². The molecule has 0 saturated carbocycles. The number of rotatable bonds is 3. The number of methoxy groups -OCH3 is 1. The van der Waals surface area contributed by atoms with Crippen molar-refractivity contribution >= 4 is 16.9 Å². The largest absolute Gasteiger partial charge is 0.497 e. The van der Waals surface area contributed by atoms with Crippen molar-refractivity contribution < 1.29 is 9.53 Å². The van der Waals surface area contributed by atoms with Crippen molar-refractivity contribution in [2.75, 3.05) is 7.11 Å². The number of carbonyl (C=O) groups excluding carboxylic acids is 1. The Bertz CT molecular complexity index is 705. The average molecular weight is 279 g/mol. The molecule has 0 amide bonds. The fourth-order valence-electron chi connectivity index (χ4n) is 1.28. The first kappa shape index (κ1) is 13.1. The SMILES string of the molecule is COc1ccc(C(=O)Sc2n[nH]c(=O)[nH]c2=O)cc1. The first-order chi connectivity index (χ1) is 9.10. The van der Waals surface area contributed by atoms with Crippen molar-refractivity contribution in [2.45, 2.75) is 5.03 Å². The molecule has 1 aromatic heterocycles. The Morgan fingerprint density at radius 1 is 1.26 bits per heavy atom. The number of nitrogens with zero attached hydrogens (tertiary/aromatic N) is 1. The second-order valence-corrected chi connectivity index (χ2v) is 4.39. The van der Waals surface area contributed by atoms with E-state index < -0.39 is 11.2 Å². The molecule has 2 aromatic rings. The van der Waals surface area contributed by atoms with E-state index in [-0.39, 0.29) is 10.1 Å². The predicted molar refractivity (Wildman–Crippen MR) is 68.7 cm³/mol. The fourth-order valence-corrected chi connectivity index (χ4v) is 1.94. The number of H-pyrrole nitrogens is 2. The van der Waals surface area contributed by atoms with Crippen LogP contribution in [-0.4, -0.2) is 27.4 Å². The zero-order valence-corrected chi connectivity index (χ0v) is 10.6. The Hall–Kier alpha value is -2.35. The summed E-state index contributed by atoms with van der Waals surface area (Å²) in [6.45, 7) is 0. The highest BCUT2D eigenvalue weighted by molar-refractivity contribution is 8.14. The van der Waals surface area contributed by atoms with E-state index in [9.17, 15) is 14.4 Å². The van der Waals surface area contributed by atoms with Crippen LogP contribution < -0.4 is 16.0 Å². The molecule has 1 aromatic carbocycles. The maximum absolute atomic E-state index is 11.9. The maximum atomic E-state index is 11.9. The summed E-state index contributed by atoms with van der Waals surface area (Å²) >= 11 is 0.641. The minimum atomic E-state index is -0.716. The van der Waals surface area contributed by atoms with Gasteiger partial charge in [-0.15, -0.1) is 0 Å². The Labute approximate surface area is 111 Å². The summed E-state index contributed by atoms with van der Waals surface area (Å²) in [5.41, 5.74) is -1.01. The number of thioether (sulfide) groups is 1. The average Bonchev–Trinajstić information content (AvgIpc) is 2.42. The maximum Gasteiger partial charge on any atom is 0.342 e. The van der Waals surface area contributed by atoms with Crippen LogP contribution in [-0.2, 0) is 0 Å². The molecule has 0 aliphatic heterocycles. The Balaban J connectivity index is 2.20. The Morgan fingerprint density at radius 3 is 2.53 bits per heavy atom. The first-order valence-electron chi connectivity index (χ1n) is 5.15. The van der Waals surface area contributed by atoms with E-state index in [1.807, 2.05) is 4.98 Å². The predicted octanol–water partition coefficient (Wildman–Crippen LogP) is 0.399. The molecule has 0 unspecified atom stereocenters. The van der Waals surface area contributed by atoms with Crippen molar-refractivity contribution in [3.05, 3.63) is 50.7 Å². The quantitative estimate of drug-likeness (QED) is 0.788. The highest BCUT2D eigenvalue weighted by Gasteiger charge is 2.12. The van der Waals surface area contributed by atoms with Gasteiger partial charge in [0.1, 0.15) is 5.75 Å². The molecule has 19 heavy (non-hydrogen) atoms. The summed E-state index contributed by atoms with van der Waals surface area (Å²) in [5, 5.41) is 5.11. The standard InChI is InChI=1S/C11H9N3O4S/c1-18-7-4-2-6(3-5-7)10(16)19-9-8(15)12-11(17)14-13-9/h2-5H,1H3,(H2,12,14,15,17). The number of aromatic nitrogens is 3. The zero-order valence-electron chi connectivity index (χ0n) is 9.80. The van der Waals surface area contributed by atoms with Crippen LogP contribution in [0.4, 0.5) is 0 Å². The van der Waals surface area contributed by atoms with Crippen LogP contribution in [0.25, 0.3) is 0 Å². The molecule has 0 saturated heterocycles. The van der Waals surface area contributed by atoms with E-state index in [0.717, 1.165) is 0 Å². The van der Waals surface area contributed by atoms with Gasteiger partial charge in [-0.25, -0.2) is 9.89 Å². The lowest BCUT2D eigenvalue weighted by molar-refractivity contribution is 0.108. The first-order valence-corrected chi connectivity index (χ1v) is 5.97. The Kier molecular flexibility index (Phi) is 3.81. The molecule has 0 bridgehead atoms. The van der Waals surface area contributed by atoms with Crippen LogP contribution in [0.5, 0.6) is 5.75 Å². The number of aromatic amines is 2. The minimum Gasteiger partial charge on any atom is -0.497 e. The van der Waals surface area contributed by atoms with E-state index in [2.05, 4.69) is 10.2 Å². The van der Waals surface area contributed by atoms with E-state index >= 15 is 0 Å². The summed E-state index contributed by atoms with van der Waals surface area (Å²) < 4.78 is 4.97. The molecule has 0 fully saturated rings. The summed E-state index contributed by atoms with van der Waals surface area (Å²) in [7, 11) is 1.52. The number of benzene rings is 1. The summed E-state index contributed by atoms with van der Waals surface area (Å²) in [4.78, 5) is 36.0. The lowest BCUT2D eigenvalue weighted by atomic mass is 10.2. The van der Waals surface area contributed by atoms with Crippen LogP contribution in [0.3, 0.4) is 0 Å². The van der Waals surface area contributed by atoms with Crippen molar-refractivity contribution in [1.29, 1.82) is 0 Å². The zero-order chi connectivity index (χ0) is 13.8. The molecule has 7 nitrogen and oxygen atoms in total. The fraction of sp³-hybridized carbons (Fsp3) is 0.0909. The summed E-state index contributed by atoms with van der Waals surface area (Å²) in [5.74, 6) is 0.626. The molecule has 0 atom stereocenters. The highest BCUT2D eigenvalue weighted by atomic mass is 32.2. The van der Waals surface area contributed by atoms with Crippen LogP contribution in [0.15, 0.2) is 38.9 Å². The van der Waals surface area contributed by atoms with Gasteiger partial charge in [-0.3, -0.25) is 14.6 Å². The van der Waals surface area contributed by atoms with Gasteiger partial charge in [-0.05, 0) is 36.0 Å². The molecular formula is C11H9N3O4S. The smallest absolute Gasteiger partial charge is 0.342 e. The van der Waals surface area contributed by atoms with Crippen molar-refractivity contribution in [2.24, 2.45) is 0 Å². The second-order valence-electron chi connectivity index (χ2n) is 3.43. The third-order valence-corrected chi connectivity index (χ3v) is 3.09. The highest BCUT2D eigenvalue weighted by Crippen LogP contribution is 2.19. The molecule has 0 aliphatic carbocycles. The molecule has 98 valence electrons. The Morgan fingerprint density at radius 2 is 1.95 bits per heavy atom. The van der Waals surface area contributed by atoms with Crippen molar-refractivity contribution in [3.8, 4) is 5.75 Å². The number of carbonyl (C=O) groups is 1. The number of ether oxygens (including phenoxy) is 1. The lowest BCUT2D eigenvalue weighted by Crippen LogP contribution is -2.25. The van der Waals surface area contributed by atoms with E-state index in [0.29, 0.717) is 23.1 Å². The third kappa shape index (κ3) is 3.10. The molecule has 8 heteroatoms. The number of nitrogens with one attached hydrogen (secondary N) is 2.